The van der Waals surface area contributed by atoms with Crippen LogP contribution >= 0.6 is 11.3 Å². The van der Waals surface area contributed by atoms with Crippen molar-refractivity contribution < 1.29 is 0 Å². The Balaban J connectivity index is 1.27. The minimum Gasteiger partial charge on any atom is -0.192 e. The highest BCUT2D eigenvalue weighted by Gasteiger charge is 2.37. The molecule has 0 amide bonds. The molecule has 0 saturated heterocycles. The molecule has 0 fully saturated rings. The van der Waals surface area contributed by atoms with E-state index in [1.165, 1.54) is 81.4 Å². The second kappa shape index (κ2) is 8.77. The minimum absolute atomic E-state index is 0.0430. The summed E-state index contributed by atoms with van der Waals surface area (Å²) < 4.78 is 2.70. The molecule has 43 heavy (non-hydrogen) atoms. The van der Waals surface area contributed by atoms with Crippen LogP contribution in [0.3, 0.4) is 0 Å². The van der Waals surface area contributed by atoms with Crippen LogP contribution in [0.25, 0.3) is 53.6 Å². The van der Waals surface area contributed by atoms with Crippen LogP contribution in [0.5, 0.6) is 0 Å². The number of thiophene rings is 1. The van der Waals surface area contributed by atoms with Gasteiger partial charge in [-0.1, -0.05) is 111 Å². The first-order valence-electron chi connectivity index (χ1n) is 14.9. The topological polar surface area (TPSA) is 23.8 Å². The van der Waals surface area contributed by atoms with E-state index in [1.807, 2.05) is 17.4 Å². The molecule has 0 spiro atoms. The van der Waals surface area contributed by atoms with Gasteiger partial charge in [0, 0.05) is 31.5 Å². The largest absolute Gasteiger partial charge is 0.192 e. The summed E-state index contributed by atoms with van der Waals surface area (Å²) in [6.45, 7) is 4.74. The van der Waals surface area contributed by atoms with E-state index >= 15 is 0 Å². The van der Waals surface area contributed by atoms with Gasteiger partial charge in [0.25, 0.3) is 0 Å². The van der Waals surface area contributed by atoms with Gasteiger partial charge in [-0.05, 0) is 85.5 Å². The van der Waals surface area contributed by atoms with E-state index in [-0.39, 0.29) is 11.3 Å². The van der Waals surface area contributed by atoms with Crippen molar-refractivity contribution in [1.29, 1.82) is 5.26 Å². The molecule has 6 aromatic carbocycles. The quantitative estimate of drug-likeness (QED) is 0.204. The van der Waals surface area contributed by atoms with Crippen molar-refractivity contribution >= 4 is 31.5 Å². The van der Waals surface area contributed by atoms with Gasteiger partial charge in [-0.2, -0.15) is 5.26 Å². The lowest BCUT2D eigenvalue weighted by atomic mass is 9.82. The van der Waals surface area contributed by atoms with E-state index < -0.39 is 0 Å². The highest BCUT2D eigenvalue weighted by atomic mass is 32.1. The average molecular weight is 566 g/mol. The summed E-state index contributed by atoms with van der Waals surface area (Å²) in [6, 6.07) is 46.6. The second-order valence-corrected chi connectivity index (χ2v) is 13.4. The molecular formula is C41H27NS. The maximum atomic E-state index is 9.92. The predicted octanol–water partition coefficient (Wildman–Crippen LogP) is 11.1. The summed E-state index contributed by atoms with van der Waals surface area (Å²) in [4.78, 5) is 0. The molecule has 2 aliphatic carbocycles. The predicted molar refractivity (Wildman–Crippen MR) is 180 cm³/mol. The van der Waals surface area contributed by atoms with Crippen molar-refractivity contribution in [3.8, 4) is 39.4 Å². The lowest BCUT2D eigenvalue weighted by Gasteiger charge is -2.22. The second-order valence-electron chi connectivity index (χ2n) is 12.4. The molecule has 0 saturated carbocycles. The molecule has 0 radical (unpaired) electrons. The summed E-state index contributed by atoms with van der Waals surface area (Å²) in [5, 5.41) is 12.6. The summed E-state index contributed by atoms with van der Waals surface area (Å²) in [7, 11) is 0. The maximum Gasteiger partial charge on any atom is 0.0991 e. The smallest absolute Gasteiger partial charge is 0.0991 e. The maximum absolute atomic E-state index is 9.92. The Bertz CT molecular complexity index is 2300. The molecule has 0 unspecified atom stereocenters. The molecule has 7 aromatic rings. The summed E-state index contributed by atoms with van der Waals surface area (Å²) >= 11 is 1.92. The van der Waals surface area contributed by atoms with Crippen LogP contribution in [-0.2, 0) is 5.41 Å². The van der Waals surface area contributed by atoms with Crippen molar-refractivity contribution in [2.24, 2.45) is 0 Å². The van der Waals surface area contributed by atoms with Crippen molar-refractivity contribution in [3.63, 3.8) is 0 Å². The Morgan fingerprint density at radius 3 is 2.02 bits per heavy atom. The molecule has 202 valence electrons. The normalized spacial score (nSPS) is 14.3. The lowest BCUT2D eigenvalue weighted by molar-refractivity contribution is 0.667. The van der Waals surface area contributed by atoms with Gasteiger partial charge < -0.3 is 0 Å². The fourth-order valence-corrected chi connectivity index (χ4v) is 9.26. The van der Waals surface area contributed by atoms with Crippen molar-refractivity contribution in [1.82, 2.24) is 0 Å². The van der Waals surface area contributed by atoms with Crippen LogP contribution in [0.2, 0.25) is 0 Å². The molecule has 0 bridgehead atoms. The Morgan fingerprint density at radius 1 is 0.605 bits per heavy atom. The average Bonchev–Trinajstić information content (AvgIpc) is 3.66. The van der Waals surface area contributed by atoms with E-state index in [4.69, 9.17) is 0 Å². The van der Waals surface area contributed by atoms with Crippen LogP contribution in [0, 0.1) is 11.3 Å². The zero-order chi connectivity index (χ0) is 28.9. The molecule has 0 atom stereocenters. The Kier molecular flexibility index (Phi) is 5.02. The highest BCUT2D eigenvalue weighted by molar-refractivity contribution is 7.26. The monoisotopic (exact) mass is 565 g/mol. The van der Waals surface area contributed by atoms with E-state index in [9.17, 15) is 5.26 Å². The van der Waals surface area contributed by atoms with Crippen LogP contribution < -0.4 is 0 Å². The molecule has 0 aliphatic heterocycles. The van der Waals surface area contributed by atoms with Gasteiger partial charge in [-0.15, -0.1) is 11.3 Å². The number of nitriles is 1. The highest BCUT2D eigenvalue weighted by Crippen LogP contribution is 2.54. The Labute approximate surface area is 255 Å². The molecule has 1 nitrogen and oxygen atoms in total. The van der Waals surface area contributed by atoms with E-state index in [0.717, 1.165) is 0 Å². The SMILES string of the molecule is CC1(C)c2ccccc2-c2ccc3c(sc4ccc(-c5ccc(C#N)cc5C5c6ccccc6-c6ccccc65)cc43)c21. The van der Waals surface area contributed by atoms with Crippen molar-refractivity contribution in [2.45, 2.75) is 25.2 Å². The first-order chi connectivity index (χ1) is 21.0. The van der Waals surface area contributed by atoms with Crippen LogP contribution in [0.15, 0.2) is 121 Å². The first kappa shape index (κ1) is 24.6. The van der Waals surface area contributed by atoms with Gasteiger partial charge in [0.2, 0.25) is 0 Å². The molecule has 2 heteroatoms. The number of benzene rings is 6. The summed E-state index contributed by atoms with van der Waals surface area (Å²) in [5.74, 6) is 0.0770. The molecule has 1 heterocycles. The summed E-state index contributed by atoms with van der Waals surface area (Å²) in [5.41, 5.74) is 15.0. The lowest BCUT2D eigenvalue weighted by Crippen LogP contribution is -2.14. The number of hydrogen-bond acceptors (Lipinski definition) is 2. The summed E-state index contributed by atoms with van der Waals surface area (Å²) in [6.07, 6.45) is 0. The van der Waals surface area contributed by atoms with Crippen LogP contribution in [-0.4, -0.2) is 0 Å². The molecule has 0 N–H and O–H groups in total. The van der Waals surface area contributed by atoms with Gasteiger partial charge in [0.1, 0.15) is 0 Å². The fourth-order valence-electron chi connectivity index (χ4n) is 7.87. The molecule has 9 rings (SSSR count). The zero-order valence-corrected chi connectivity index (χ0v) is 24.8. The van der Waals surface area contributed by atoms with Crippen LogP contribution in [0.1, 0.15) is 53.1 Å². The number of hydrogen-bond donors (Lipinski definition) is 0. The van der Waals surface area contributed by atoms with Gasteiger partial charge >= 0.3 is 0 Å². The van der Waals surface area contributed by atoms with Gasteiger partial charge in [0.05, 0.1) is 11.6 Å². The molecule has 2 aliphatic rings. The van der Waals surface area contributed by atoms with E-state index in [2.05, 4.69) is 135 Å². The Morgan fingerprint density at radius 2 is 1.28 bits per heavy atom. The third kappa shape index (κ3) is 3.32. The van der Waals surface area contributed by atoms with Crippen LogP contribution in [0.4, 0.5) is 0 Å². The third-order valence-electron chi connectivity index (χ3n) is 9.79. The molecular weight excluding hydrogens is 539 g/mol. The van der Waals surface area contributed by atoms with Gasteiger partial charge in [-0.3, -0.25) is 0 Å². The van der Waals surface area contributed by atoms with Crippen molar-refractivity contribution in [2.75, 3.05) is 0 Å². The number of nitrogens with zero attached hydrogens (tertiary/aromatic N) is 1. The van der Waals surface area contributed by atoms with Gasteiger partial charge in [0.15, 0.2) is 0 Å². The number of rotatable bonds is 2. The third-order valence-corrected chi connectivity index (χ3v) is 11.0. The van der Waals surface area contributed by atoms with E-state index in [0.29, 0.717) is 5.56 Å². The Hall–Kier alpha value is -4.97. The van der Waals surface area contributed by atoms with E-state index in [1.54, 1.807) is 0 Å². The standard InChI is InChI=1S/C41H27NS/c1-41(2)36-14-8-7-11-29(36)32-18-19-33-34-22-25(16-20-37(34)43-40(33)39(32)41)26-17-15-24(23-42)21-35(26)38-30-12-5-3-9-27(30)28-10-4-6-13-31(28)38/h3-22,38H,1-2H3. The fraction of sp³-hybridized carbons (Fsp3) is 0.0976. The number of fused-ring (bicyclic) bond motifs is 10. The van der Waals surface area contributed by atoms with Crippen molar-refractivity contribution in [3.05, 3.63) is 155 Å². The zero-order valence-electron chi connectivity index (χ0n) is 24.0. The first-order valence-corrected chi connectivity index (χ1v) is 15.7. The molecule has 1 aromatic heterocycles. The van der Waals surface area contributed by atoms with Gasteiger partial charge in [-0.25, -0.2) is 0 Å². The minimum atomic E-state index is -0.0430.